The fraction of sp³-hybridized carbons (Fsp3) is 0.467. The molecule has 2 aromatic rings. The van der Waals surface area contributed by atoms with E-state index in [0.717, 1.165) is 6.42 Å². The molecule has 0 atom stereocenters. The molecule has 1 aliphatic heterocycles. The maximum atomic E-state index is 12.8. The van der Waals surface area contributed by atoms with Crippen LogP contribution in [0.4, 0.5) is 0 Å². The predicted octanol–water partition coefficient (Wildman–Crippen LogP) is 1.20. The molecule has 1 aliphatic rings. The molecular formula is C15H20N4O3S. The second kappa shape index (κ2) is 6.29. The fourth-order valence-corrected chi connectivity index (χ4v) is 4.41. The van der Waals surface area contributed by atoms with E-state index in [1.54, 1.807) is 23.2 Å². The van der Waals surface area contributed by atoms with E-state index in [9.17, 15) is 13.2 Å². The fourth-order valence-electron chi connectivity index (χ4n) is 2.83. The summed E-state index contributed by atoms with van der Waals surface area (Å²) in [6.45, 7) is 3.50. The smallest absolute Gasteiger partial charge is 0.245 e. The van der Waals surface area contributed by atoms with Crippen molar-refractivity contribution in [2.45, 2.75) is 24.7 Å². The molecule has 1 N–H and O–H groups in total. The molecule has 1 fully saturated rings. The molecule has 2 aromatic heterocycles. The van der Waals surface area contributed by atoms with Crippen LogP contribution in [0.15, 0.2) is 29.4 Å². The zero-order chi connectivity index (χ0) is 16.4. The molecule has 23 heavy (non-hydrogen) atoms. The number of carbonyl (C=O) groups is 1. The first kappa shape index (κ1) is 15.9. The normalized spacial score (nSPS) is 16.8. The van der Waals surface area contributed by atoms with E-state index in [-0.39, 0.29) is 10.8 Å². The Hall–Kier alpha value is -1.93. The minimum absolute atomic E-state index is 0.0980. The van der Waals surface area contributed by atoms with Crippen molar-refractivity contribution in [3.8, 4) is 0 Å². The Bertz CT molecular complexity index is 807. The molecule has 3 rings (SSSR count). The number of nitrogens with zero attached hydrogens (tertiary/aromatic N) is 3. The van der Waals surface area contributed by atoms with Crippen LogP contribution in [0, 0.1) is 0 Å². The van der Waals surface area contributed by atoms with Crippen molar-refractivity contribution in [2.75, 3.05) is 26.2 Å². The minimum Gasteiger partial charge on any atom is -0.345 e. The van der Waals surface area contributed by atoms with Crippen molar-refractivity contribution < 1.29 is 13.2 Å². The maximum Gasteiger partial charge on any atom is 0.245 e. The number of aromatic amines is 1. The van der Waals surface area contributed by atoms with Crippen LogP contribution in [0.1, 0.15) is 19.8 Å². The van der Waals surface area contributed by atoms with Gasteiger partial charge in [0, 0.05) is 50.4 Å². The number of aromatic nitrogens is 2. The molecule has 0 unspecified atom stereocenters. The topological polar surface area (TPSA) is 86.4 Å². The van der Waals surface area contributed by atoms with Crippen molar-refractivity contribution in [1.29, 1.82) is 0 Å². The number of hydrogen-bond donors (Lipinski definition) is 1. The Morgan fingerprint density at radius 2 is 2.04 bits per heavy atom. The zero-order valence-electron chi connectivity index (χ0n) is 13.0. The average Bonchev–Trinajstić information content (AvgIpc) is 3.00. The molecule has 0 spiro atoms. The molecule has 0 radical (unpaired) electrons. The van der Waals surface area contributed by atoms with Crippen molar-refractivity contribution in [1.82, 2.24) is 19.2 Å². The van der Waals surface area contributed by atoms with Gasteiger partial charge < -0.3 is 9.88 Å². The molecule has 124 valence electrons. The van der Waals surface area contributed by atoms with Gasteiger partial charge in [-0.2, -0.15) is 4.31 Å². The van der Waals surface area contributed by atoms with Gasteiger partial charge in [0.2, 0.25) is 15.9 Å². The summed E-state index contributed by atoms with van der Waals surface area (Å²) in [7, 11) is -3.58. The van der Waals surface area contributed by atoms with E-state index < -0.39 is 10.0 Å². The molecule has 7 nitrogen and oxygen atoms in total. The van der Waals surface area contributed by atoms with Crippen LogP contribution in [-0.2, 0) is 14.8 Å². The monoisotopic (exact) mass is 336 g/mol. The van der Waals surface area contributed by atoms with Gasteiger partial charge in [-0.05, 0) is 18.6 Å². The summed E-state index contributed by atoms with van der Waals surface area (Å²) < 4.78 is 27.1. The van der Waals surface area contributed by atoms with Gasteiger partial charge in [0.25, 0.3) is 0 Å². The number of pyridine rings is 1. The largest absolute Gasteiger partial charge is 0.345 e. The Morgan fingerprint density at radius 1 is 1.30 bits per heavy atom. The first-order chi connectivity index (χ1) is 11.0. The van der Waals surface area contributed by atoms with Gasteiger partial charge in [-0.3, -0.25) is 4.79 Å². The molecule has 1 saturated heterocycles. The quantitative estimate of drug-likeness (QED) is 0.909. The number of amides is 1. The van der Waals surface area contributed by atoms with E-state index in [1.807, 2.05) is 6.92 Å². The highest BCUT2D eigenvalue weighted by Gasteiger charge is 2.31. The van der Waals surface area contributed by atoms with Gasteiger partial charge in [0.05, 0.1) is 0 Å². The third-order valence-corrected chi connectivity index (χ3v) is 6.02. The van der Waals surface area contributed by atoms with E-state index in [1.165, 1.54) is 10.5 Å². The summed E-state index contributed by atoms with van der Waals surface area (Å²) in [5.74, 6) is 0.0980. The molecule has 1 amide bonds. The van der Waals surface area contributed by atoms with E-state index in [4.69, 9.17) is 0 Å². The molecule has 0 bridgehead atoms. The van der Waals surface area contributed by atoms with Crippen LogP contribution in [0.5, 0.6) is 0 Å². The minimum atomic E-state index is -3.58. The first-order valence-corrected chi connectivity index (χ1v) is 9.18. The van der Waals surface area contributed by atoms with Crippen molar-refractivity contribution >= 4 is 27.0 Å². The molecule has 8 heteroatoms. The van der Waals surface area contributed by atoms with Crippen LogP contribution in [0.3, 0.4) is 0 Å². The van der Waals surface area contributed by atoms with Gasteiger partial charge >= 0.3 is 0 Å². The van der Waals surface area contributed by atoms with Crippen LogP contribution >= 0.6 is 0 Å². The van der Waals surface area contributed by atoms with E-state index in [0.29, 0.717) is 43.6 Å². The number of rotatable bonds is 4. The predicted molar refractivity (Wildman–Crippen MR) is 86.3 cm³/mol. The number of H-pyrrole nitrogens is 1. The van der Waals surface area contributed by atoms with Gasteiger partial charge in [0.15, 0.2) is 0 Å². The van der Waals surface area contributed by atoms with Gasteiger partial charge in [0.1, 0.15) is 10.5 Å². The van der Waals surface area contributed by atoms with Crippen molar-refractivity contribution in [3.63, 3.8) is 0 Å². The van der Waals surface area contributed by atoms with Crippen LogP contribution in [0.2, 0.25) is 0 Å². The summed E-state index contributed by atoms with van der Waals surface area (Å²) in [4.78, 5) is 20.9. The SMILES string of the molecule is CCCC(=O)N1CCN(S(=O)(=O)c2c[nH]c3ncccc23)CC1. The zero-order valence-corrected chi connectivity index (χ0v) is 13.8. The lowest BCUT2D eigenvalue weighted by atomic mass is 10.2. The summed E-state index contributed by atoms with van der Waals surface area (Å²) in [6.07, 6.45) is 4.43. The summed E-state index contributed by atoms with van der Waals surface area (Å²) >= 11 is 0. The number of sulfonamides is 1. The number of carbonyl (C=O) groups excluding carboxylic acids is 1. The third kappa shape index (κ3) is 2.96. The number of piperazine rings is 1. The summed E-state index contributed by atoms with van der Waals surface area (Å²) in [5.41, 5.74) is 0.558. The summed E-state index contributed by atoms with van der Waals surface area (Å²) in [5, 5.41) is 0.594. The molecular weight excluding hydrogens is 316 g/mol. The highest BCUT2D eigenvalue weighted by molar-refractivity contribution is 7.89. The van der Waals surface area contributed by atoms with Crippen molar-refractivity contribution in [2.24, 2.45) is 0 Å². The first-order valence-electron chi connectivity index (χ1n) is 7.74. The van der Waals surface area contributed by atoms with Crippen LogP contribution < -0.4 is 0 Å². The third-order valence-electron chi connectivity index (χ3n) is 4.09. The highest BCUT2D eigenvalue weighted by atomic mass is 32.2. The van der Waals surface area contributed by atoms with Crippen LogP contribution in [-0.4, -0.2) is 59.7 Å². The van der Waals surface area contributed by atoms with E-state index in [2.05, 4.69) is 9.97 Å². The number of hydrogen-bond acceptors (Lipinski definition) is 4. The van der Waals surface area contributed by atoms with Gasteiger partial charge in [-0.15, -0.1) is 0 Å². The van der Waals surface area contributed by atoms with Gasteiger partial charge in [-0.1, -0.05) is 6.92 Å². The lowest BCUT2D eigenvalue weighted by Crippen LogP contribution is -2.50. The lowest BCUT2D eigenvalue weighted by molar-refractivity contribution is -0.132. The van der Waals surface area contributed by atoms with E-state index >= 15 is 0 Å². The molecule has 0 saturated carbocycles. The Labute approximate surface area is 135 Å². The van der Waals surface area contributed by atoms with Gasteiger partial charge in [-0.25, -0.2) is 13.4 Å². The van der Waals surface area contributed by atoms with Crippen LogP contribution in [0.25, 0.3) is 11.0 Å². The maximum absolute atomic E-state index is 12.8. The second-order valence-electron chi connectivity index (χ2n) is 5.59. The average molecular weight is 336 g/mol. The number of fused-ring (bicyclic) bond motifs is 1. The Balaban J connectivity index is 1.78. The highest BCUT2D eigenvalue weighted by Crippen LogP contribution is 2.25. The second-order valence-corrected chi connectivity index (χ2v) is 7.49. The molecule has 0 aromatic carbocycles. The Morgan fingerprint density at radius 3 is 2.74 bits per heavy atom. The molecule has 3 heterocycles. The Kier molecular flexibility index (Phi) is 4.36. The summed E-state index contributed by atoms with van der Waals surface area (Å²) in [6, 6.07) is 3.46. The standard InChI is InChI=1S/C15H20N4O3S/c1-2-4-14(20)18-7-9-19(10-8-18)23(21,22)13-11-17-15-12(13)5-3-6-16-15/h3,5-6,11H,2,4,7-10H2,1H3,(H,16,17). The molecule has 0 aliphatic carbocycles. The van der Waals surface area contributed by atoms with Crippen molar-refractivity contribution in [3.05, 3.63) is 24.5 Å². The number of nitrogens with one attached hydrogen (secondary N) is 1. The lowest BCUT2D eigenvalue weighted by Gasteiger charge is -2.33.